The Morgan fingerprint density at radius 2 is 2.40 bits per heavy atom. The van der Waals surface area contributed by atoms with E-state index in [9.17, 15) is 0 Å². The lowest BCUT2D eigenvalue weighted by Gasteiger charge is -2.04. The van der Waals surface area contributed by atoms with Crippen molar-refractivity contribution in [1.29, 1.82) is 0 Å². The average Bonchev–Trinajstić information content (AvgIpc) is 1.98. The van der Waals surface area contributed by atoms with Crippen LogP contribution in [0.4, 0.5) is 0 Å². The van der Waals surface area contributed by atoms with E-state index in [2.05, 4.69) is 6.58 Å². The SMILES string of the molecule is C=CCSCC[C@@H](O)CC. The normalized spacial score (nSPS) is 13.0. The molecule has 1 nitrogen and oxygen atoms in total. The van der Waals surface area contributed by atoms with Gasteiger partial charge in [-0.15, -0.1) is 6.58 Å². The minimum atomic E-state index is -0.0997. The summed E-state index contributed by atoms with van der Waals surface area (Å²) in [4.78, 5) is 0. The van der Waals surface area contributed by atoms with Crippen LogP contribution in [0.25, 0.3) is 0 Å². The minimum Gasteiger partial charge on any atom is -0.393 e. The van der Waals surface area contributed by atoms with E-state index in [0.29, 0.717) is 0 Å². The van der Waals surface area contributed by atoms with Gasteiger partial charge < -0.3 is 5.11 Å². The summed E-state index contributed by atoms with van der Waals surface area (Å²) in [5, 5.41) is 9.12. The molecule has 0 amide bonds. The molecule has 0 spiro atoms. The van der Waals surface area contributed by atoms with Crippen molar-refractivity contribution in [3.8, 4) is 0 Å². The first-order chi connectivity index (χ1) is 4.81. The largest absolute Gasteiger partial charge is 0.393 e. The fraction of sp³-hybridized carbons (Fsp3) is 0.750. The molecule has 0 aliphatic rings. The second-order valence-electron chi connectivity index (χ2n) is 2.21. The first-order valence-corrected chi connectivity index (χ1v) is 4.83. The zero-order chi connectivity index (χ0) is 7.82. The van der Waals surface area contributed by atoms with Crippen LogP contribution in [0.1, 0.15) is 19.8 Å². The third-order valence-electron chi connectivity index (χ3n) is 1.30. The number of thioether (sulfide) groups is 1. The first kappa shape index (κ1) is 10.0. The van der Waals surface area contributed by atoms with Gasteiger partial charge in [-0.3, -0.25) is 0 Å². The van der Waals surface area contributed by atoms with Gasteiger partial charge in [-0.25, -0.2) is 0 Å². The first-order valence-electron chi connectivity index (χ1n) is 3.68. The van der Waals surface area contributed by atoms with Gasteiger partial charge in [0.25, 0.3) is 0 Å². The maximum absolute atomic E-state index is 9.12. The predicted octanol–water partition coefficient (Wildman–Crippen LogP) is 2.07. The second-order valence-corrected chi connectivity index (χ2v) is 3.36. The Labute approximate surface area is 67.5 Å². The highest BCUT2D eigenvalue weighted by atomic mass is 32.2. The van der Waals surface area contributed by atoms with Gasteiger partial charge in [0.2, 0.25) is 0 Å². The van der Waals surface area contributed by atoms with Crippen LogP contribution in [0.2, 0.25) is 0 Å². The molecule has 0 heterocycles. The van der Waals surface area contributed by atoms with E-state index in [1.807, 2.05) is 24.8 Å². The molecule has 0 unspecified atom stereocenters. The van der Waals surface area contributed by atoms with Crippen LogP contribution in [-0.2, 0) is 0 Å². The summed E-state index contributed by atoms with van der Waals surface area (Å²) in [5.74, 6) is 2.04. The molecule has 2 heteroatoms. The van der Waals surface area contributed by atoms with Crippen molar-refractivity contribution in [1.82, 2.24) is 0 Å². The molecule has 0 aromatic carbocycles. The van der Waals surface area contributed by atoms with Crippen LogP contribution in [0.5, 0.6) is 0 Å². The zero-order valence-electron chi connectivity index (χ0n) is 6.55. The molecule has 0 rings (SSSR count). The summed E-state index contributed by atoms with van der Waals surface area (Å²) < 4.78 is 0. The molecule has 0 aromatic rings. The molecule has 1 atom stereocenters. The third-order valence-corrected chi connectivity index (χ3v) is 2.30. The molecule has 0 saturated carbocycles. The van der Waals surface area contributed by atoms with Crippen molar-refractivity contribution < 1.29 is 5.11 Å². The molecule has 0 aromatic heterocycles. The Balaban J connectivity index is 2.95. The molecule has 0 aliphatic carbocycles. The number of rotatable bonds is 6. The van der Waals surface area contributed by atoms with E-state index in [1.54, 1.807) is 0 Å². The van der Waals surface area contributed by atoms with E-state index in [4.69, 9.17) is 5.11 Å². The van der Waals surface area contributed by atoms with Crippen molar-refractivity contribution >= 4 is 11.8 Å². The van der Waals surface area contributed by atoms with E-state index in [0.717, 1.165) is 24.3 Å². The third kappa shape index (κ3) is 6.17. The van der Waals surface area contributed by atoms with Crippen LogP contribution in [-0.4, -0.2) is 22.7 Å². The van der Waals surface area contributed by atoms with Crippen molar-refractivity contribution in [2.45, 2.75) is 25.9 Å². The Hall–Kier alpha value is 0.0500. The number of hydrogen-bond donors (Lipinski definition) is 1. The van der Waals surface area contributed by atoms with Crippen molar-refractivity contribution in [3.63, 3.8) is 0 Å². The van der Waals surface area contributed by atoms with Crippen LogP contribution in [0, 0.1) is 0 Å². The van der Waals surface area contributed by atoms with Gasteiger partial charge in [-0.2, -0.15) is 11.8 Å². The maximum Gasteiger partial charge on any atom is 0.0545 e. The fourth-order valence-corrected chi connectivity index (χ4v) is 1.36. The molecule has 0 radical (unpaired) electrons. The van der Waals surface area contributed by atoms with Crippen LogP contribution in [0.15, 0.2) is 12.7 Å². The summed E-state index contributed by atoms with van der Waals surface area (Å²) in [5.41, 5.74) is 0. The van der Waals surface area contributed by atoms with Gasteiger partial charge >= 0.3 is 0 Å². The molecule has 0 fully saturated rings. The molecule has 1 N–H and O–H groups in total. The zero-order valence-corrected chi connectivity index (χ0v) is 7.36. The lowest BCUT2D eigenvalue weighted by molar-refractivity contribution is 0.167. The monoisotopic (exact) mass is 160 g/mol. The summed E-state index contributed by atoms with van der Waals surface area (Å²) in [6.45, 7) is 5.62. The molecule has 0 saturated heterocycles. The molecular formula is C8H16OS. The van der Waals surface area contributed by atoms with Gasteiger partial charge in [0, 0.05) is 5.75 Å². The summed E-state index contributed by atoms with van der Waals surface area (Å²) in [7, 11) is 0. The number of aliphatic hydroxyl groups is 1. The Morgan fingerprint density at radius 1 is 1.70 bits per heavy atom. The maximum atomic E-state index is 9.12. The van der Waals surface area contributed by atoms with Crippen molar-refractivity contribution in [2.24, 2.45) is 0 Å². The van der Waals surface area contributed by atoms with Crippen LogP contribution >= 0.6 is 11.8 Å². The van der Waals surface area contributed by atoms with Gasteiger partial charge in [0.05, 0.1) is 6.10 Å². The highest BCUT2D eigenvalue weighted by molar-refractivity contribution is 7.99. The quantitative estimate of drug-likeness (QED) is 0.474. The van der Waals surface area contributed by atoms with E-state index in [1.165, 1.54) is 0 Å². The Morgan fingerprint density at radius 3 is 2.90 bits per heavy atom. The topological polar surface area (TPSA) is 20.2 Å². The highest BCUT2D eigenvalue weighted by Crippen LogP contribution is 2.06. The molecule has 0 aliphatic heterocycles. The lowest BCUT2D eigenvalue weighted by atomic mass is 10.2. The highest BCUT2D eigenvalue weighted by Gasteiger charge is 1.98. The lowest BCUT2D eigenvalue weighted by Crippen LogP contribution is -2.05. The minimum absolute atomic E-state index is 0.0997. The van der Waals surface area contributed by atoms with E-state index < -0.39 is 0 Å². The second kappa shape index (κ2) is 7.16. The summed E-state index contributed by atoms with van der Waals surface area (Å²) >= 11 is 1.82. The molecular weight excluding hydrogens is 144 g/mol. The van der Waals surface area contributed by atoms with Crippen LogP contribution < -0.4 is 0 Å². The summed E-state index contributed by atoms with van der Waals surface area (Å²) in [6, 6.07) is 0. The van der Waals surface area contributed by atoms with Gasteiger partial charge in [0.15, 0.2) is 0 Å². The standard InChI is InChI=1S/C8H16OS/c1-3-6-10-7-5-8(9)4-2/h3,8-9H,1,4-7H2,2H3/t8-/m0/s1. The van der Waals surface area contributed by atoms with Crippen molar-refractivity contribution in [2.75, 3.05) is 11.5 Å². The molecule has 0 bridgehead atoms. The number of hydrogen-bond acceptors (Lipinski definition) is 2. The van der Waals surface area contributed by atoms with Crippen LogP contribution in [0.3, 0.4) is 0 Å². The summed E-state index contributed by atoms with van der Waals surface area (Å²) in [6.07, 6.45) is 3.57. The number of aliphatic hydroxyl groups excluding tert-OH is 1. The van der Waals surface area contributed by atoms with Gasteiger partial charge in [0.1, 0.15) is 0 Å². The van der Waals surface area contributed by atoms with E-state index in [-0.39, 0.29) is 6.10 Å². The Bertz CT molecular complexity index is 83.3. The predicted molar refractivity (Wildman–Crippen MR) is 48.4 cm³/mol. The molecule has 10 heavy (non-hydrogen) atoms. The van der Waals surface area contributed by atoms with Gasteiger partial charge in [-0.1, -0.05) is 13.0 Å². The average molecular weight is 160 g/mol. The fourth-order valence-electron chi connectivity index (χ4n) is 0.590. The van der Waals surface area contributed by atoms with Gasteiger partial charge in [-0.05, 0) is 18.6 Å². The van der Waals surface area contributed by atoms with Crippen molar-refractivity contribution in [3.05, 3.63) is 12.7 Å². The van der Waals surface area contributed by atoms with E-state index >= 15 is 0 Å². The molecule has 60 valence electrons. The smallest absolute Gasteiger partial charge is 0.0545 e. The Kier molecular flexibility index (Phi) is 7.20.